The van der Waals surface area contributed by atoms with Gasteiger partial charge < -0.3 is 9.84 Å². The second kappa shape index (κ2) is 6.72. The highest BCUT2D eigenvalue weighted by molar-refractivity contribution is 7.99. The van der Waals surface area contributed by atoms with Crippen molar-refractivity contribution < 1.29 is 9.84 Å². The highest BCUT2D eigenvalue weighted by Crippen LogP contribution is 2.41. The third kappa shape index (κ3) is 3.82. The fourth-order valence-electron chi connectivity index (χ4n) is 3.73. The molecule has 0 aliphatic carbocycles. The van der Waals surface area contributed by atoms with Crippen LogP contribution in [0.4, 0.5) is 0 Å². The molecule has 116 valence electrons. The maximum atomic E-state index is 10.7. The van der Waals surface area contributed by atoms with Gasteiger partial charge in [-0.3, -0.25) is 0 Å². The first-order chi connectivity index (χ1) is 10.2. The summed E-state index contributed by atoms with van der Waals surface area (Å²) in [5, 5.41) is 10.7. The van der Waals surface area contributed by atoms with Crippen molar-refractivity contribution in [2.45, 2.75) is 50.7 Å². The summed E-state index contributed by atoms with van der Waals surface area (Å²) < 4.78 is 6.13. The molecular weight excluding hydrogens is 280 g/mol. The van der Waals surface area contributed by atoms with Gasteiger partial charge in [0.25, 0.3) is 0 Å². The summed E-state index contributed by atoms with van der Waals surface area (Å²) in [5.41, 5.74) is 2.59. The molecule has 0 amide bonds. The standard InChI is InChI=1S/C18H26O2S/c1-14-3-2-4-15(11-14)12-17(19)16-5-8-20-18(13-16)6-9-21-10-7-18/h2-4,11,16-17,19H,5-10,12-13H2,1H3. The molecule has 0 aromatic heterocycles. The van der Waals surface area contributed by atoms with Crippen molar-refractivity contribution >= 4 is 11.8 Å². The molecule has 3 heteroatoms. The van der Waals surface area contributed by atoms with E-state index < -0.39 is 0 Å². The molecule has 0 bridgehead atoms. The molecule has 2 aliphatic heterocycles. The number of hydrogen-bond acceptors (Lipinski definition) is 3. The molecule has 2 fully saturated rings. The Morgan fingerprint density at radius 3 is 2.95 bits per heavy atom. The van der Waals surface area contributed by atoms with E-state index in [0.717, 1.165) is 38.7 Å². The molecule has 2 atom stereocenters. The van der Waals surface area contributed by atoms with Crippen molar-refractivity contribution in [2.75, 3.05) is 18.1 Å². The van der Waals surface area contributed by atoms with E-state index in [9.17, 15) is 5.11 Å². The lowest BCUT2D eigenvalue weighted by molar-refractivity contribution is -0.120. The van der Waals surface area contributed by atoms with Crippen LogP contribution in [0.3, 0.4) is 0 Å². The third-order valence-corrected chi connectivity index (χ3v) is 5.99. The van der Waals surface area contributed by atoms with E-state index in [1.54, 1.807) is 0 Å². The Morgan fingerprint density at radius 1 is 1.38 bits per heavy atom. The minimum absolute atomic E-state index is 0.0712. The van der Waals surface area contributed by atoms with Crippen molar-refractivity contribution in [1.29, 1.82) is 0 Å². The van der Waals surface area contributed by atoms with Crippen LogP contribution in [-0.4, -0.2) is 34.9 Å². The van der Waals surface area contributed by atoms with Gasteiger partial charge in [0, 0.05) is 6.61 Å². The van der Waals surface area contributed by atoms with Gasteiger partial charge in [-0.1, -0.05) is 29.8 Å². The normalized spacial score (nSPS) is 26.7. The number of benzene rings is 1. The van der Waals surface area contributed by atoms with Gasteiger partial charge in [-0.15, -0.1) is 0 Å². The van der Waals surface area contributed by atoms with Gasteiger partial charge in [0.1, 0.15) is 0 Å². The Morgan fingerprint density at radius 2 is 2.19 bits per heavy atom. The quantitative estimate of drug-likeness (QED) is 0.925. The van der Waals surface area contributed by atoms with Crippen LogP contribution in [-0.2, 0) is 11.2 Å². The lowest BCUT2D eigenvalue weighted by Crippen LogP contribution is -2.45. The Hall–Kier alpha value is -0.510. The lowest BCUT2D eigenvalue weighted by Gasteiger charge is -2.44. The molecule has 3 rings (SSSR count). The van der Waals surface area contributed by atoms with E-state index in [0.29, 0.717) is 5.92 Å². The van der Waals surface area contributed by atoms with Crippen molar-refractivity contribution in [3.8, 4) is 0 Å². The molecular formula is C18H26O2S. The number of aliphatic hydroxyl groups excluding tert-OH is 1. The van der Waals surface area contributed by atoms with Crippen LogP contribution < -0.4 is 0 Å². The molecule has 1 spiro atoms. The third-order valence-electron chi connectivity index (χ3n) is 5.01. The molecule has 2 aliphatic rings. The van der Waals surface area contributed by atoms with Crippen LogP contribution in [0.15, 0.2) is 24.3 Å². The predicted octanol–water partition coefficient (Wildman–Crippen LogP) is 3.59. The minimum Gasteiger partial charge on any atom is -0.392 e. The van der Waals surface area contributed by atoms with Crippen molar-refractivity contribution in [3.63, 3.8) is 0 Å². The molecule has 1 aromatic rings. The zero-order valence-corrected chi connectivity index (χ0v) is 13.7. The van der Waals surface area contributed by atoms with E-state index in [-0.39, 0.29) is 11.7 Å². The van der Waals surface area contributed by atoms with Gasteiger partial charge in [0.15, 0.2) is 0 Å². The topological polar surface area (TPSA) is 29.5 Å². The summed E-state index contributed by atoms with van der Waals surface area (Å²) in [7, 11) is 0. The summed E-state index contributed by atoms with van der Waals surface area (Å²) in [6.45, 7) is 2.93. The van der Waals surface area contributed by atoms with Crippen LogP contribution >= 0.6 is 11.8 Å². The van der Waals surface area contributed by atoms with Crippen LogP contribution in [0.2, 0.25) is 0 Å². The Balaban J connectivity index is 1.62. The fourth-order valence-corrected chi connectivity index (χ4v) is 4.97. The SMILES string of the molecule is Cc1cccc(CC(O)C2CCOC3(CCSCC3)C2)c1. The van der Waals surface area contributed by atoms with Gasteiger partial charge in [-0.2, -0.15) is 11.8 Å². The highest BCUT2D eigenvalue weighted by atomic mass is 32.2. The van der Waals surface area contributed by atoms with E-state index >= 15 is 0 Å². The summed E-state index contributed by atoms with van der Waals surface area (Å²) in [4.78, 5) is 0. The number of aliphatic hydroxyl groups is 1. The Labute approximate surface area is 132 Å². The largest absolute Gasteiger partial charge is 0.392 e. The van der Waals surface area contributed by atoms with Crippen LogP contribution in [0.1, 0.15) is 36.8 Å². The van der Waals surface area contributed by atoms with E-state index in [1.807, 2.05) is 11.8 Å². The summed E-state index contributed by atoms with van der Waals surface area (Å²) in [5.74, 6) is 2.81. The monoisotopic (exact) mass is 306 g/mol. The van der Waals surface area contributed by atoms with E-state index in [2.05, 4.69) is 31.2 Å². The number of thioether (sulfide) groups is 1. The fraction of sp³-hybridized carbons (Fsp3) is 0.667. The van der Waals surface area contributed by atoms with Crippen LogP contribution in [0.25, 0.3) is 0 Å². The minimum atomic E-state index is -0.234. The van der Waals surface area contributed by atoms with Gasteiger partial charge in [-0.05, 0) is 62.0 Å². The molecule has 1 N–H and O–H groups in total. The van der Waals surface area contributed by atoms with Gasteiger partial charge >= 0.3 is 0 Å². The summed E-state index contributed by atoms with van der Waals surface area (Å²) in [6.07, 6.45) is 4.90. The second-order valence-electron chi connectivity index (χ2n) is 6.66. The van der Waals surface area contributed by atoms with Gasteiger partial charge in [-0.25, -0.2) is 0 Å². The van der Waals surface area contributed by atoms with Crippen LogP contribution in [0, 0.1) is 12.8 Å². The first-order valence-corrected chi connectivity index (χ1v) is 9.28. The van der Waals surface area contributed by atoms with Crippen molar-refractivity contribution in [1.82, 2.24) is 0 Å². The maximum absolute atomic E-state index is 10.7. The molecule has 21 heavy (non-hydrogen) atoms. The zero-order valence-electron chi connectivity index (χ0n) is 12.9. The Bertz CT molecular complexity index is 463. The highest BCUT2D eigenvalue weighted by Gasteiger charge is 2.40. The van der Waals surface area contributed by atoms with Crippen molar-refractivity contribution in [3.05, 3.63) is 35.4 Å². The number of rotatable bonds is 3. The number of aryl methyl sites for hydroxylation is 1. The predicted molar refractivity (Wildman–Crippen MR) is 88.9 cm³/mol. The van der Waals surface area contributed by atoms with Crippen LogP contribution in [0.5, 0.6) is 0 Å². The van der Waals surface area contributed by atoms with E-state index in [4.69, 9.17) is 4.74 Å². The van der Waals surface area contributed by atoms with Crippen molar-refractivity contribution in [2.24, 2.45) is 5.92 Å². The average molecular weight is 306 g/mol. The average Bonchev–Trinajstić information content (AvgIpc) is 2.48. The first-order valence-electron chi connectivity index (χ1n) is 8.12. The second-order valence-corrected chi connectivity index (χ2v) is 7.88. The zero-order chi connectivity index (χ0) is 14.7. The maximum Gasteiger partial charge on any atom is 0.0701 e. The molecule has 0 saturated carbocycles. The Kier molecular flexibility index (Phi) is 4.92. The first kappa shape index (κ1) is 15.4. The number of ether oxygens (including phenoxy) is 1. The molecule has 2 nitrogen and oxygen atoms in total. The van der Waals surface area contributed by atoms with Gasteiger partial charge in [0.05, 0.1) is 11.7 Å². The molecule has 1 aromatic carbocycles. The molecule has 0 radical (unpaired) electrons. The van der Waals surface area contributed by atoms with E-state index in [1.165, 1.54) is 22.6 Å². The molecule has 2 heterocycles. The smallest absolute Gasteiger partial charge is 0.0701 e. The molecule has 2 unspecified atom stereocenters. The summed E-state index contributed by atoms with van der Waals surface area (Å²) in [6, 6.07) is 8.51. The lowest BCUT2D eigenvalue weighted by atomic mass is 9.78. The molecule has 2 saturated heterocycles. The summed E-state index contributed by atoms with van der Waals surface area (Å²) >= 11 is 2.03. The number of hydrogen-bond donors (Lipinski definition) is 1. The van der Waals surface area contributed by atoms with Gasteiger partial charge in [0.2, 0.25) is 0 Å².